The maximum atomic E-state index is 10.4. The standard InChI is InChI=1S/C14H19NO4/c1-15(8-10-16)9-11-19-13-5-2-12(3-6-13)4-7-14(17)18/h2-7,16H,8-11H2,1H3,(H,17,18). The van der Waals surface area contributed by atoms with Gasteiger partial charge in [-0.05, 0) is 30.8 Å². The van der Waals surface area contributed by atoms with Gasteiger partial charge in [0.2, 0.25) is 0 Å². The van der Waals surface area contributed by atoms with Crippen LogP contribution in [0.25, 0.3) is 6.08 Å². The molecule has 104 valence electrons. The molecule has 0 aliphatic carbocycles. The van der Waals surface area contributed by atoms with Gasteiger partial charge in [-0.2, -0.15) is 0 Å². The molecule has 0 saturated heterocycles. The minimum Gasteiger partial charge on any atom is -0.492 e. The van der Waals surface area contributed by atoms with Crippen molar-refractivity contribution >= 4 is 12.0 Å². The van der Waals surface area contributed by atoms with E-state index in [9.17, 15) is 4.79 Å². The van der Waals surface area contributed by atoms with Crippen molar-refractivity contribution in [3.63, 3.8) is 0 Å². The van der Waals surface area contributed by atoms with Gasteiger partial charge in [-0.25, -0.2) is 4.79 Å². The van der Waals surface area contributed by atoms with Gasteiger partial charge in [-0.1, -0.05) is 12.1 Å². The van der Waals surface area contributed by atoms with Crippen LogP contribution < -0.4 is 4.74 Å². The highest BCUT2D eigenvalue weighted by Gasteiger charge is 1.98. The number of carboxylic acids is 1. The van der Waals surface area contributed by atoms with E-state index in [1.807, 2.05) is 11.9 Å². The second-order valence-electron chi connectivity index (χ2n) is 4.12. The first kappa shape index (κ1) is 15.2. The highest BCUT2D eigenvalue weighted by atomic mass is 16.5. The fraction of sp³-hybridized carbons (Fsp3) is 0.357. The Kier molecular flexibility index (Phi) is 6.63. The largest absolute Gasteiger partial charge is 0.492 e. The Balaban J connectivity index is 2.38. The molecule has 19 heavy (non-hydrogen) atoms. The number of hydrogen-bond donors (Lipinski definition) is 2. The van der Waals surface area contributed by atoms with E-state index in [1.54, 1.807) is 24.3 Å². The molecule has 0 aromatic heterocycles. The molecule has 0 fully saturated rings. The van der Waals surface area contributed by atoms with Gasteiger partial charge in [0.15, 0.2) is 0 Å². The van der Waals surface area contributed by atoms with Gasteiger partial charge in [0.05, 0.1) is 6.61 Å². The first-order chi connectivity index (χ1) is 9.11. The molecule has 0 spiro atoms. The molecule has 5 heteroatoms. The average molecular weight is 265 g/mol. The van der Waals surface area contributed by atoms with E-state index < -0.39 is 5.97 Å². The van der Waals surface area contributed by atoms with Crippen LogP contribution in [0.1, 0.15) is 5.56 Å². The topological polar surface area (TPSA) is 70.0 Å². The van der Waals surface area contributed by atoms with E-state index in [2.05, 4.69) is 0 Å². The summed E-state index contributed by atoms with van der Waals surface area (Å²) in [5.74, 6) is -0.225. The lowest BCUT2D eigenvalue weighted by Gasteiger charge is -2.15. The Morgan fingerprint density at radius 3 is 2.58 bits per heavy atom. The van der Waals surface area contributed by atoms with Crippen LogP contribution in [-0.2, 0) is 4.79 Å². The molecule has 0 atom stereocenters. The molecular weight excluding hydrogens is 246 g/mol. The second kappa shape index (κ2) is 8.29. The van der Waals surface area contributed by atoms with E-state index in [4.69, 9.17) is 14.9 Å². The predicted molar refractivity (Wildman–Crippen MR) is 73.2 cm³/mol. The lowest BCUT2D eigenvalue weighted by molar-refractivity contribution is -0.131. The van der Waals surface area contributed by atoms with Crippen molar-refractivity contribution in [2.75, 3.05) is 33.4 Å². The summed E-state index contributed by atoms with van der Waals surface area (Å²) in [7, 11) is 1.92. The summed E-state index contributed by atoms with van der Waals surface area (Å²) in [6.45, 7) is 2.05. The lowest BCUT2D eigenvalue weighted by Crippen LogP contribution is -2.27. The molecule has 0 aliphatic rings. The van der Waals surface area contributed by atoms with Crippen molar-refractivity contribution in [2.45, 2.75) is 0 Å². The quantitative estimate of drug-likeness (QED) is 0.688. The molecular formula is C14H19NO4. The van der Waals surface area contributed by atoms with Crippen LogP contribution in [-0.4, -0.2) is 54.4 Å². The number of hydrogen-bond acceptors (Lipinski definition) is 4. The molecule has 0 heterocycles. The van der Waals surface area contributed by atoms with Crippen LogP contribution in [0.3, 0.4) is 0 Å². The van der Waals surface area contributed by atoms with Crippen molar-refractivity contribution < 1.29 is 19.7 Å². The van der Waals surface area contributed by atoms with Crippen LogP contribution in [0.15, 0.2) is 30.3 Å². The molecule has 1 aromatic carbocycles. The van der Waals surface area contributed by atoms with Crippen molar-refractivity contribution in [2.24, 2.45) is 0 Å². The Bertz CT molecular complexity index is 414. The van der Waals surface area contributed by atoms with Crippen LogP contribution in [0.4, 0.5) is 0 Å². The molecule has 2 N–H and O–H groups in total. The molecule has 1 aromatic rings. The van der Waals surface area contributed by atoms with Crippen LogP contribution in [0.5, 0.6) is 5.75 Å². The molecule has 0 radical (unpaired) electrons. The summed E-state index contributed by atoms with van der Waals surface area (Å²) in [6.07, 6.45) is 2.63. The van der Waals surface area contributed by atoms with Crippen LogP contribution in [0, 0.1) is 0 Å². The van der Waals surface area contributed by atoms with E-state index in [0.29, 0.717) is 13.2 Å². The van der Waals surface area contributed by atoms with E-state index in [-0.39, 0.29) is 6.61 Å². The number of rotatable bonds is 8. The van der Waals surface area contributed by atoms with Crippen LogP contribution >= 0.6 is 0 Å². The Labute approximate surface area is 112 Å². The van der Waals surface area contributed by atoms with Gasteiger partial charge in [0.1, 0.15) is 12.4 Å². The molecule has 0 bridgehead atoms. The van der Waals surface area contributed by atoms with E-state index in [1.165, 1.54) is 6.08 Å². The average Bonchev–Trinajstić information content (AvgIpc) is 2.38. The molecule has 5 nitrogen and oxygen atoms in total. The zero-order chi connectivity index (χ0) is 14.1. The Morgan fingerprint density at radius 2 is 2.00 bits per heavy atom. The monoisotopic (exact) mass is 265 g/mol. The SMILES string of the molecule is CN(CCO)CCOc1ccc(C=CC(=O)O)cc1. The number of aliphatic hydroxyl groups excluding tert-OH is 1. The Morgan fingerprint density at radius 1 is 1.32 bits per heavy atom. The highest BCUT2D eigenvalue weighted by Crippen LogP contribution is 2.13. The number of nitrogens with zero attached hydrogens (tertiary/aromatic N) is 1. The molecule has 0 unspecified atom stereocenters. The smallest absolute Gasteiger partial charge is 0.328 e. The maximum Gasteiger partial charge on any atom is 0.328 e. The Hall–Kier alpha value is -1.85. The van der Waals surface area contributed by atoms with Gasteiger partial charge >= 0.3 is 5.97 Å². The molecule has 1 rings (SSSR count). The molecule has 0 aliphatic heterocycles. The first-order valence-corrected chi connectivity index (χ1v) is 6.05. The van der Waals surface area contributed by atoms with Crippen molar-refractivity contribution in [1.29, 1.82) is 0 Å². The molecule has 0 saturated carbocycles. The van der Waals surface area contributed by atoms with Gasteiger partial charge in [-0.3, -0.25) is 0 Å². The summed E-state index contributed by atoms with van der Waals surface area (Å²) in [6, 6.07) is 7.19. The summed E-state index contributed by atoms with van der Waals surface area (Å²) in [4.78, 5) is 12.3. The van der Waals surface area contributed by atoms with Crippen LogP contribution in [0.2, 0.25) is 0 Å². The number of carbonyl (C=O) groups is 1. The molecule has 0 amide bonds. The third-order valence-corrected chi connectivity index (χ3v) is 2.52. The summed E-state index contributed by atoms with van der Waals surface area (Å²) in [5, 5.41) is 17.2. The van der Waals surface area contributed by atoms with E-state index in [0.717, 1.165) is 23.9 Å². The van der Waals surface area contributed by atoms with Gasteiger partial charge < -0.3 is 19.8 Å². The van der Waals surface area contributed by atoms with Gasteiger partial charge in [-0.15, -0.1) is 0 Å². The summed E-state index contributed by atoms with van der Waals surface area (Å²) < 4.78 is 5.54. The normalized spacial score (nSPS) is 11.1. The zero-order valence-corrected chi connectivity index (χ0v) is 11.0. The van der Waals surface area contributed by atoms with Crippen molar-refractivity contribution in [3.05, 3.63) is 35.9 Å². The zero-order valence-electron chi connectivity index (χ0n) is 11.0. The fourth-order valence-corrected chi connectivity index (χ4v) is 1.44. The number of aliphatic carboxylic acids is 1. The number of carboxylic acid groups (broad SMARTS) is 1. The minimum absolute atomic E-state index is 0.140. The minimum atomic E-state index is -0.966. The first-order valence-electron chi connectivity index (χ1n) is 6.05. The third kappa shape index (κ3) is 6.59. The predicted octanol–water partition coefficient (Wildman–Crippen LogP) is 1.09. The second-order valence-corrected chi connectivity index (χ2v) is 4.12. The third-order valence-electron chi connectivity index (χ3n) is 2.52. The maximum absolute atomic E-state index is 10.4. The van der Waals surface area contributed by atoms with E-state index >= 15 is 0 Å². The summed E-state index contributed by atoms with van der Waals surface area (Å²) >= 11 is 0. The van der Waals surface area contributed by atoms with Gasteiger partial charge in [0, 0.05) is 19.2 Å². The summed E-state index contributed by atoms with van der Waals surface area (Å²) in [5.41, 5.74) is 0.812. The van der Waals surface area contributed by atoms with Crippen molar-refractivity contribution in [1.82, 2.24) is 4.90 Å². The van der Waals surface area contributed by atoms with Crippen molar-refractivity contribution in [3.8, 4) is 5.75 Å². The highest BCUT2D eigenvalue weighted by molar-refractivity contribution is 5.85. The lowest BCUT2D eigenvalue weighted by atomic mass is 10.2. The number of aliphatic hydroxyl groups is 1. The number of benzene rings is 1. The fourth-order valence-electron chi connectivity index (χ4n) is 1.44. The number of likely N-dealkylation sites (N-methyl/N-ethyl adjacent to an activating group) is 1. The van der Waals surface area contributed by atoms with Gasteiger partial charge in [0.25, 0.3) is 0 Å². The number of ether oxygens (including phenoxy) is 1.